The van der Waals surface area contributed by atoms with E-state index < -0.39 is 0 Å². The summed E-state index contributed by atoms with van der Waals surface area (Å²) >= 11 is 0. The molecule has 1 fully saturated rings. The lowest BCUT2D eigenvalue weighted by molar-refractivity contribution is -0.0705. The lowest BCUT2D eigenvalue weighted by Gasteiger charge is -2.47. The van der Waals surface area contributed by atoms with Crippen LogP contribution in [0, 0.1) is 11.8 Å². The molecule has 0 amide bonds. The first kappa shape index (κ1) is 16.8. The molecule has 2 aromatic rings. The van der Waals surface area contributed by atoms with Gasteiger partial charge in [0.2, 0.25) is 0 Å². The van der Waals surface area contributed by atoms with Gasteiger partial charge in [-0.15, -0.1) is 0 Å². The maximum Gasteiger partial charge on any atom is 0.0615 e. The Kier molecular flexibility index (Phi) is 5.22. The monoisotopic (exact) mass is 334 g/mol. The topological polar surface area (TPSA) is 9.23 Å². The van der Waals surface area contributed by atoms with E-state index in [1.165, 1.54) is 44.1 Å². The molecule has 0 unspecified atom stereocenters. The van der Waals surface area contributed by atoms with Crippen LogP contribution in [0.5, 0.6) is 0 Å². The third kappa shape index (κ3) is 3.40. The van der Waals surface area contributed by atoms with Crippen molar-refractivity contribution < 1.29 is 4.74 Å². The summed E-state index contributed by atoms with van der Waals surface area (Å²) in [7, 11) is 0. The van der Waals surface area contributed by atoms with E-state index in [0.29, 0.717) is 17.9 Å². The minimum Gasteiger partial charge on any atom is -0.378 e. The number of rotatable bonds is 5. The molecule has 1 nitrogen and oxygen atoms in total. The Bertz CT molecular complexity index is 678. The van der Waals surface area contributed by atoms with Crippen LogP contribution in [0.25, 0.3) is 0 Å². The number of hydrogen-bond acceptors (Lipinski definition) is 1. The van der Waals surface area contributed by atoms with Gasteiger partial charge in [-0.05, 0) is 47.8 Å². The van der Waals surface area contributed by atoms with Crippen LogP contribution in [0.15, 0.2) is 54.6 Å². The standard InChI is InChI=1S/C24H30O/c1-2-3-5-14-22-24-20(15-16-25-22)17-19-12-8-9-13-21(19)23(24)18-10-6-4-7-11-18/h4,6-13,20,22-24H,2-3,5,14-17H2,1H3/t20-,22+,23+,24-/m0/s1. The predicted molar refractivity (Wildman–Crippen MR) is 104 cm³/mol. The Balaban J connectivity index is 1.72. The molecule has 4 atom stereocenters. The average molecular weight is 335 g/mol. The molecular weight excluding hydrogens is 304 g/mol. The fourth-order valence-corrected chi connectivity index (χ4v) is 5.15. The highest BCUT2D eigenvalue weighted by molar-refractivity contribution is 5.42. The van der Waals surface area contributed by atoms with Crippen LogP contribution in [0.4, 0.5) is 0 Å². The van der Waals surface area contributed by atoms with Gasteiger partial charge in [0.1, 0.15) is 0 Å². The molecule has 25 heavy (non-hydrogen) atoms. The van der Waals surface area contributed by atoms with Gasteiger partial charge in [0.05, 0.1) is 6.10 Å². The van der Waals surface area contributed by atoms with Crippen LogP contribution in [-0.2, 0) is 11.2 Å². The van der Waals surface area contributed by atoms with Gasteiger partial charge < -0.3 is 4.74 Å². The molecule has 0 spiro atoms. The molecule has 0 bridgehead atoms. The van der Waals surface area contributed by atoms with E-state index in [1.54, 1.807) is 11.1 Å². The molecule has 0 aromatic heterocycles. The molecule has 1 aliphatic heterocycles. The van der Waals surface area contributed by atoms with Crippen molar-refractivity contribution >= 4 is 0 Å². The molecule has 2 aliphatic rings. The van der Waals surface area contributed by atoms with Crippen molar-refractivity contribution in [2.24, 2.45) is 11.8 Å². The first-order valence-electron chi connectivity index (χ1n) is 10.1. The van der Waals surface area contributed by atoms with Gasteiger partial charge in [-0.2, -0.15) is 0 Å². The number of benzene rings is 2. The lowest BCUT2D eigenvalue weighted by atomic mass is 9.62. The highest BCUT2D eigenvalue weighted by Crippen LogP contribution is 2.49. The minimum atomic E-state index is 0.420. The summed E-state index contributed by atoms with van der Waals surface area (Å²) in [5, 5.41) is 0. The lowest BCUT2D eigenvalue weighted by Crippen LogP contribution is -2.44. The van der Waals surface area contributed by atoms with Crippen LogP contribution >= 0.6 is 0 Å². The summed E-state index contributed by atoms with van der Waals surface area (Å²) < 4.78 is 6.36. The molecule has 0 N–H and O–H groups in total. The second kappa shape index (κ2) is 7.74. The summed E-state index contributed by atoms with van der Waals surface area (Å²) in [4.78, 5) is 0. The third-order valence-corrected chi connectivity index (χ3v) is 6.30. The molecule has 1 heteroatoms. The number of hydrogen-bond donors (Lipinski definition) is 0. The normalized spacial score (nSPS) is 28.2. The molecule has 0 radical (unpaired) electrons. The van der Waals surface area contributed by atoms with E-state index in [-0.39, 0.29) is 0 Å². The zero-order valence-corrected chi connectivity index (χ0v) is 15.4. The van der Waals surface area contributed by atoms with Gasteiger partial charge in [-0.3, -0.25) is 0 Å². The van der Waals surface area contributed by atoms with Crippen molar-refractivity contribution in [2.75, 3.05) is 6.61 Å². The highest BCUT2D eigenvalue weighted by Gasteiger charge is 2.43. The van der Waals surface area contributed by atoms with E-state index in [0.717, 1.165) is 12.5 Å². The summed E-state index contributed by atoms with van der Waals surface area (Å²) in [6.07, 6.45) is 8.00. The van der Waals surface area contributed by atoms with Crippen molar-refractivity contribution in [2.45, 2.75) is 57.5 Å². The SMILES string of the molecule is CCCCC[C@H]1OCC[C@H]2Cc3ccccc3[C@@H](c3ccccc3)[C@@H]21. The molecule has 4 rings (SSSR count). The van der Waals surface area contributed by atoms with Crippen molar-refractivity contribution in [1.29, 1.82) is 0 Å². The molecule has 2 aromatic carbocycles. The second-order valence-electron chi connectivity index (χ2n) is 7.82. The van der Waals surface area contributed by atoms with Crippen LogP contribution < -0.4 is 0 Å². The van der Waals surface area contributed by atoms with E-state index >= 15 is 0 Å². The van der Waals surface area contributed by atoms with E-state index in [4.69, 9.17) is 4.74 Å². The minimum absolute atomic E-state index is 0.420. The third-order valence-electron chi connectivity index (χ3n) is 6.30. The second-order valence-corrected chi connectivity index (χ2v) is 7.82. The van der Waals surface area contributed by atoms with E-state index in [9.17, 15) is 0 Å². The molecular formula is C24H30O. The number of fused-ring (bicyclic) bond motifs is 2. The number of ether oxygens (including phenoxy) is 1. The van der Waals surface area contributed by atoms with Crippen molar-refractivity contribution in [3.05, 3.63) is 71.3 Å². The summed E-state index contributed by atoms with van der Waals surface area (Å²) in [5.41, 5.74) is 4.57. The zero-order valence-electron chi connectivity index (χ0n) is 15.4. The first-order chi connectivity index (χ1) is 12.4. The van der Waals surface area contributed by atoms with Gasteiger partial charge in [0, 0.05) is 12.5 Å². The molecule has 1 saturated heterocycles. The summed E-state index contributed by atoms with van der Waals surface area (Å²) in [5.74, 6) is 1.88. The molecule has 1 aliphatic carbocycles. The Morgan fingerprint density at radius 2 is 1.76 bits per heavy atom. The first-order valence-corrected chi connectivity index (χ1v) is 10.1. The van der Waals surface area contributed by atoms with Gasteiger partial charge in [0.15, 0.2) is 0 Å². The molecule has 132 valence electrons. The van der Waals surface area contributed by atoms with E-state index in [2.05, 4.69) is 61.5 Å². The predicted octanol–water partition coefficient (Wildman–Crippen LogP) is 5.98. The fourth-order valence-electron chi connectivity index (χ4n) is 5.15. The fraction of sp³-hybridized carbons (Fsp3) is 0.500. The van der Waals surface area contributed by atoms with Crippen molar-refractivity contribution in [1.82, 2.24) is 0 Å². The maximum atomic E-state index is 6.36. The Labute approximate surface area is 152 Å². The van der Waals surface area contributed by atoms with Crippen LogP contribution in [0.2, 0.25) is 0 Å². The van der Waals surface area contributed by atoms with Crippen molar-refractivity contribution in [3.63, 3.8) is 0 Å². The largest absolute Gasteiger partial charge is 0.378 e. The smallest absolute Gasteiger partial charge is 0.0615 e. The van der Waals surface area contributed by atoms with Crippen LogP contribution in [0.3, 0.4) is 0 Å². The van der Waals surface area contributed by atoms with Crippen LogP contribution in [0.1, 0.15) is 61.6 Å². The highest BCUT2D eigenvalue weighted by atomic mass is 16.5. The molecule has 1 heterocycles. The van der Waals surface area contributed by atoms with Crippen molar-refractivity contribution in [3.8, 4) is 0 Å². The molecule has 0 saturated carbocycles. The summed E-state index contributed by atoms with van der Waals surface area (Å²) in [6, 6.07) is 20.3. The average Bonchev–Trinajstić information content (AvgIpc) is 2.67. The summed E-state index contributed by atoms with van der Waals surface area (Å²) in [6.45, 7) is 3.23. The van der Waals surface area contributed by atoms with Gasteiger partial charge in [-0.25, -0.2) is 0 Å². The maximum absolute atomic E-state index is 6.36. The number of unbranched alkanes of at least 4 members (excludes halogenated alkanes) is 2. The quantitative estimate of drug-likeness (QED) is 0.611. The van der Waals surface area contributed by atoms with Gasteiger partial charge in [0.25, 0.3) is 0 Å². The Morgan fingerprint density at radius 1 is 0.960 bits per heavy atom. The van der Waals surface area contributed by atoms with Gasteiger partial charge in [-0.1, -0.05) is 80.8 Å². The Morgan fingerprint density at radius 3 is 2.60 bits per heavy atom. The van der Waals surface area contributed by atoms with Gasteiger partial charge >= 0.3 is 0 Å². The van der Waals surface area contributed by atoms with Crippen LogP contribution in [-0.4, -0.2) is 12.7 Å². The zero-order chi connectivity index (χ0) is 17.1. The Hall–Kier alpha value is -1.60. The van der Waals surface area contributed by atoms with E-state index in [1.807, 2.05) is 0 Å².